The van der Waals surface area contributed by atoms with Gasteiger partial charge in [0.1, 0.15) is 23.8 Å². The van der Waals surface area contributed by atoms with Crippen molar-refractivity contribution in [3.05, 3.63) is 12.5 Å². The maximum absolute atomic E-state index is 10.0. The summed E-state index contributed by atoms with van der Waals surface area (Å²) in [6, 6.07) is 0.158. The van der Waals surface area contributed by atoms with Gasteiger partial charge in [0.05, 0.1) is 26.2 Å². The van der Waals surface area contributed by atoms with Crippen LogP contribution in [0.2, 0.25) is 0 Å². The monoisotopic (exact) mass is 282 g/mol. The summed E-state index contributed by atoms with van der Waals surface area (Å²) in [5.41, 5.74) is 0.912. The van der Waals surface area contributed by atoms with E-state index in [9.17, 15) is 10.2 Å². The van der Waals surface area contributed by atoms with Gasteiger partial charge in [0.25, 0.3) is 0 Å². The van der Waals surface area contributed by atoms with Crippen molar-refractivity contribution in [1.82, 2.24) is 19.5 Å². The number of rotatable bonds is 3. The van der Waals surface area contributed by atoms with Gasteiger partial charge in [-0.1, -0.05) is 0 Å². The van der Waals surface area contributed by atoms with Crippen LogP contribution < -0.4 is 4.74 Å². The fourth-order valence-electron chi connectivity index (χ4n) is 2.21. The van der Waals surface area contributed by atoms with Crippen molar-refractivity contribution in [2.45, 2.75) is 24.5 Å². The highest BCUT2D eigenvalue weighted by molar-refractivity contribution is 5.69. The first-order valence-electron chi connectivity index (χ1n) is 6.01. The molecule has 108 valence electrons. The van der Waals surface area contributed by atoms with Gasteiger partial charge >= 0.3 is 6.01 Å². The van der Waals surface area contributed by atoms with Crippen LogP contribution in [-0.2, 0) is 4.74 Å². The number of hydrogen-bond acceptors (Lipinski definition) is 8. The molecule has 3 heterocycles. The lowest BCUT2D eigenvalue weighted by Gasteiger charge is -2.16. The first-order chi connectivity index (χ1) is 9.65. The van der Waals surface area contributed by atoms with Gasteiger partial charge in [-0.05, 0) is 0 Å². The Morgan fingerprint density at radius 1 is 1.35 bits per heavy atom. The molecule has 1 aliphatic heterocycles. The Morgan fingerprint density at radius 2 is 2.15 bits per heavy atom. The summed E-state index contributed by atoms with van der Waals surface area (Å²) >= 11 is 0. The number of aliphatic hydroxyl groups excluding tert-OH is 3. The Balaban J connectivity index is 2.02. The fraction of sp³-hybridized carbons (Fsp3) is 0.545. The van der Waals surface area contributed by atoms with Gasteiger partial charge in [-0.2, -0.15) is 4.98 Å². The maximum atomic E-state index is 10.0. The van der Waals surface area contributed by atoms with Crippen LogP contribution in [0.15, 0.2) is 12.5 Å². The molecule has 2 aromatic heterocycles. The van der Waals surface area contributed by atoms with E-state index < -0.39 is 24.5 Å². The number of hydrogen-bond donors (Lipinski definition) is 3. The number of aliphatic hydroxyl groups is 3. The minimum absolute atomic E-state index is 0.158. The summed E-state index contributed by atoms with van der Waals surface area (Å²) in [5, 5.41) is 28.9. The molecule has 0 aliphatic carbocycles. The van der Waals surface area contributed by atoms with E-state index in [1.165, 1.54) is 24.2 Å². The second kappa shape index (κ2) is 4.94. The number of aromatic nitrogens is 4. The third-order valence-electron chi connectivity index (χ3n) is 3.27. The van der Waals surface area contributed by atoms with Crippen molar-refractivity contribution in [3.63, 3.8) is 0 Å². The SMILES string of the molecule is COc1ncc2ncn([C@@H]3O[C@H](CO)C(O)[C@@H]3O)c2n1. The molecule has 1 saturated heterocycles. The van der Waals surface area contributed by atoms with Gasteiger partial charge in [0.15, 0.2) is 11.9 Å². The number of fused-ring (bicyclic) bond motifs is 1. The number of methoxy groups -OCH3 is 1. The second-order valence-corrected chi connectivity index (χ2v) is 4.45. The molecule has 3 N–H and O–H groups in total. The van der Waals surface area contributed by atoms with Crippen molar-refractivity contribution < 1.29 is 24.8 Å². The molecule has 0 spiro atoms. The minimum atomic E-state index is -1.19. The largest absolute Gasteiger partial charge is 0.467 e. The molecule has 20 heavy (non-hydrogen) atoms. The molecule has 2 aromatic rings. The smallest absolute Gasteiger partial charge is 0.318 e. The third-order valence-corrected chi connectivity index (χ3v) is 3.27. The molecule has 1 aliphatic rings. The van der Waals surface area contributed by atoms with Crippen LogP contribution in [0.1, 0.15) is 6.23 Å². The Morgan fingerprint density at radius 3 is 2.80 bits per heavy atom. The topological polar surface area (TPSA) is 123 Å². The Kier molecular flexibility index (Phi) is 3.26. The van der Waals surface area contributed by atoms with E-state index in [4.69, 9.17) is 14.6 Å². The molecule has 3 rings (SSSR count). The second-order valence-electron chi connectivity index (χ2n) is 4.45. The van der Waals surface area contributed by atoms with E-state index in [-0.39, 0.29) is 12.6 Å². The van der Waals surface area contributed by atoms with Crippen molar-refractivity contribution in [1.29, 1.82) is 0 Å². The highest BCUT2D eigenvalue weighted by atomic mass is 16.6. The highest BCUT2D eigenvalue weighted by Gasteiger charge is 2.43. The summed E-state index contributed by atoms with van der Waals surface area (Å²) in [6.45, 7) is -0.389. The Bertz CT molecular complexity index is 618. The van der Waals surface area contributed by atoms with E-state index in [0.717, 1.165) is 0 Å². The van der Waals surface area contributed by atoms with E-state index in [2.05, 4.69) is 15.0 Å². The van der Waals surface area contributed by atoms with Gasteiger partial charge in [-0.15, -0.1) is 0 Å². The molecule has 9 nitrogen and oxygen atoms in total. The zero-order valence-electron chi connectivity index (χ0n) is 10.6. The quantitative estimate of drug-likeness (QED) is 0.618. The van der Waals surface area contributed by atoms with Crippen molar-refractivity contribution >= 4 is 11.2 Å². The predicted octanol–water partition coefficient (Wildman–Crippen LogP) is -1.55. The van der Waals surface area contributed by atoms with Crippen molar-refractivity contribution in [2.24, 2.45) is 0 Å². The molecule has 1 fully saturated rings. The van der Waals surface area contributed by atoms with Crippen LogP contribution in [0.4, 0.5) is 0 Å². The summed E-state index contributed by atoms with van der Waals surface area (Å²) < 4.78 is 11.9. The van der Waals surface area contributed by atoms with Crippen LogP contribution in [-0.4, -0.2) is 66.9 Å². The normalized spacial score (nSPS) is 30.0. The van der Waals surface area contributed by atoms with E-state index >= 15 is 0 Å². The Hall–Kier alpha value is -1.81. The molecule has 1 unspecified atom stereocenters. The summed E-state index contributed by atoms with van der Waals surface area (Å²) in [5.74, 6) is 0. The highest BCUT2D eigenvalue weighted by Crippen LogP contribution is 2.31. The molecule has 0 radical (unpaired) electrons. The predicted molar refractivity (Wildman–Crippen MR) is 64.9 cm³/mol. The van der Waals surface area contributed by atoms with E-state index in [1.807, 2.05) is 0 Å². The van der Waals surface area contributed by atoms with Gasteiger partial charge in [-0.25, -0.2) is 9.97 Å². The molecule has 0 amide bonds. The zero-order valence-corrected chi connectivity index (χ0v) is 10.6. The van der Waals surface area contributed by atoms with Gasteiger partial charge in [0.2, 0.25) is 0 Å². The van der Waals surface area contributed by atoms with Crippen LogP contribution in [0, 0.1) is 0 Å². The lowest BCUT2D eigenvalue weighted by atomic mass is 10.1. The number of imidazole rings is 1. The van der Waals surface area contributed by atoms with Crippen LogP contribution in [0.25, 0.3) is 11.2 Å². The molecule has 4 atom stereocenters. The molecular weight excluding hydrogens is 268 g/mol. The molecular formula is C11H14N4O5. The van der Waals surface area contributed by atoms with Crippen LogP contribution in [0.5, 0.6) is 6.01 Å². The molecule has 0 aromatic carbocycles. The minimum Gasteiger partial charge on any atom is -0.467 e. The van der Waals surface area contributed by atoms with Gasteiger partial charge < -0.3 is 24.8 Å². The van der Waals surface area contributed by atoms with Crippen molar-refractivity contribution in [3.8, 4) is 6.01 Å². The summed E-state index contributed by atoms with van der Waals surface area (Å²) in [7, 11) is 1.44. The lowest BCUT2D eigenvalue weighted by molar-refractivity contribution is -0.0511. The van der Waals surface area contributed by atoms with Gasteiger partial charge in [0, 0.05) is 0 Å². The summed E-state index contributed by atoms with van der Waals surface area (Å²) in [4.78, 5) is 12.2. The Labute approximate surface area is 113 Å². The van der Waals surface area contributed by atoms with Crippen LogP contribution >= 0.6 is 0 Å². The zero-order chi connectivity index (χ0) is 14.3. The standard InChI is InChI=1S/C11H14N4O5/c1-19-11-12-2-5-9(14-11)15(4-13-5)10-8(18)7(17)6(3-16)20-10/h2,4,6-8,10,16-18H,3H2,1H3/t6-,7?,8+,10-/m1/s1. The first-order valence-corrected chi connectivity index (χ1v) is 6.01. The number of nitrogens with zero attached hydrogens (tertiary/aromatic N) is 4. The average molecular weight is 282 g/mol. The first kappa shape index (κ1) is 13.2. The van der Waals surface area contributed by atoms with Gasteiger partial charge in [-0.3, -0.25) is 4.57 Å². The lowest BCUT2D eigenvalue weighted by Crippen LogP contribution is -2.33. The third kappa shape index (κ3) is 1.91. The van der Waals surface area contributed by atoms with Crippen LogP contribution in [0.3, 0.4) is 0 Å². The fourth-order valence-corrected chi connectivity index (χ4v) is 2.21. The molecule has 0 saturated carbocycles. The van der Waals surface area contributed by atoms with E-state index in [0.29, 0.717) is 11.2 Å². The maximum Gasteiger partial charge on any atom is 0.318 e. The average Bonchev–Trinajstić information content (AvgIpc) is 3.01. The van der Waals surface area contributed by atoms with E-state index in [1.54, 1.807) is 0 Å². The van der Waals surface area contributed by atoms with Crippen molar-refractivity contribution in [2.75, 3.05) is 13.7 Å². The number of ether oxygens (including phenoxy) is 2. The summed E-state index contributed by atoms with van der Waals surface area (Å²) in [6.07, 6.45) is -1.18. The molecule has 9 heteroatoms. The molecule has 0 bridgehead atoms.